The van der Waals surface area contributed by atoms with Gasteiger partial charge >= 0.3 is 5.97 Å². The zero-order valence-corrected chi connectivity index (χ0v) is 18.0. The maximum atomic E-state index is 12.2. The molecule has 31 heavy (non-hydrogen) atoms. The summed E-state index contributed by atoms with van der Waals surface area (Å²) in [7, 11) is 0. The highest BCUT2D eigenvalue weighted by Gasteiger charge is 2.13. The molecule has 0 unspecified atom stereocenters. The van der Waals surface area contributed by atoms with Gasteiger partial charge in [0, 0.05) is 10.6 Å². The third kappa shape index (κ3) is 6.31. The summed E-state index contributed by atoms with van der Waals surface area (Å²) >= 11 is 11.9. The van der Waals surface area contributed by atoms with E-state index < -0.39 is 5.97 Å². The Morgan fingerprint density at radius 3 is 2.29 bits per heavy atom. The fourth-order valence-electron chi connectivity index (χ4n) is 2.54. The molecule has 1 N–H and O–H groups in total. The van der Waals surface area contributed by atoms with Gasteiger partial charge in [0.1, 0.15) is 11.5 Å². The van der Waals surface area contributed by atoms with Crippen molar-refractivity contribution in [3.05, 3.63) is 93.5 Å². The fourth-order valence-corrected chi connectivity index (χ4v) is 3.02. The number of hydrazone groups is 1. The lowest BCUT2D eigenvalue weighted by Crippen LogP contribution is -2.17. The molecule has 0 saturated carbocycles. The SMILES string of the molecule is CCOc1ccc(C(=O)NN=Cc2ccc(OC(=O)c3ccc(Cl)cc3Cl)cc2)cc1. The lowest BCUT2D eigenvalue weighted by molar-refractivity contribution is 0.0734. The van der Waals surface area contributed by atoms with Crippen molar-refractivity contribution >= 4 is 41.3 Å². The minimum Gasteiger partial charge on any atom is -0.494 e. The van der Waals surface area contributed by atoms with Crippen molar-refractivity contribution in [1.82, 2.24) is 5.43 Å². The van der Waals surface area contributed by atoms with E-state index in [1.807, 2.05) is 6.92 Å². The van der Waals surface area contributed by atoms with Crippen LogP contribution < -0.4 is 14.9 Å². The van der Waals surface area contributed by atoms with Gasteiger partial charge in [-0.25, -0.2) is 10.2 Å². The molecule has 0 atom stereocenters. The summed E-state index contributed by atoms with van der Waals surface area (Å²) in [5, 5.41) is 4.58. The van der Waals surface area contributed by atoms with Crippen molar-refractivity contribution in [3.63, 3.8) is 0 Å². The molecule has 158 valence electrons. The largest absolute Gasteiger partial charge is 0.494 e. The van der Waals surface area contributed by atoms with Crippen LogP contribution in [0.4, 0.5) is 0 Å². The number of esters is 1. The summed E-state index contributed by atoms with van der Waals surface area (Å²) < 4.78 is 10.7. The third-order valence-electron chi connectivity index (χ3n) is 4.05. The Kier molecular flexibility index (Phi) is 7.65. The van der Waals surface area contributed by atoms with E-state index >= 15 is 0 Å². The Hall–Kier alpha value is -3.35. The zero-order valence-electron chi connectivity index (χ0n) is 16.5. The zero-order chi connectivity index (χ0) is 22.2. The minimum absolute atomic E-state index is 0.213. The van der Waals surface area contributed by atoms with E-state index in [9.17, 15) is 9.59 Å². The Labute approximate surface area is 189 Å². The van der Waals surface area contributed by atoms with Gasteiger partial charge in [0.15, 0.2) is 0 Å². The number of hydrogen-bond acceptors (Lipinski definition) is 5. The number of nitrogens with one attached hydrogen (secondary N) is 1. The van der Waals surface area contributed by atoms with Gasteiger partial charge in [0.05, 0.1) is 23.4 Å². The number of halogens is 2. The number of benzene rings is 3. The molecule has 8 heteroatoms. The van der Waals surface area contributed by atoms with Crippen LogP contribution in [0.5, 0.6) is 11.5 Å². The topological polar surface area (TPSA) is 77.0 Å². The number of carbonyl (C=O) groups is 2. The summed E-state index contributed by atoms with van der Waals surface area (Å²) in [4.78, 5) is 24.4. The second-order valence-electron chi connectivity index (χ2n) is 6.24. The van der Waals surface area contributed by atoms with E-state index in [0.29, 0.717) is 34.3 Å². The maximum Gasteiger partial charge on any atom is 0.345 e. The molecule has 3 rings (SSSR count). The average Bonchev–Trinajstić information content (AvgIpc) is 2.75. The molecule has 0 aliphatic rings. The van der Waals surface area contributed by atoms with Gasteiger partial charge < -0.3 is 9.47 Å². The number of nitrogens with zero attached hydrogens (tertiary/aromatic N) is 1. The Bertz CT molecular complexity index is 1100. The van der Waals surface area contributed by atoms with Crippen LogP contribution in [0.2, 0.25) is 10.0 Å². The molecule has 6 nitrogen and oxygen atoms in total. The van der Waals surface area contributed by atoms with Crippen molar-refractivity contribution in [3.8, 4) is 11.5 Å². The number of hydrogen-bond donors (Lipinski definition) is 1. The van der Waals surface area contributed by atoms with Crippen LogP contribution in [-0.2, 0) is 0 Å². The highest BCUT2D eigenvalue weighted by molar-refractivity contribution is 6.36. The molecular weight excluding hydrogens is 439 g/mol. The van der Waals surface area contributed by atoms with Gasteiger partial charge in [-0.3, -0.25) is 4.79 Å². The van der Waals surface area contributed by atoms with Crippen molar-refractivity contribution in [1.29, 1.82) is 0 Å². The predicted octanol–water partition coefficient (Wildman–Crippen LogP) is 5.38. The van der Waals surface area contributed by atoms with Crippen LogP contribution in [0.15, 0.2) is 71.8 Å². The number of amides is 1. The first-order chi connectivity index (χ1) is 15.0. The highest BCUT2D eigenvalue weighted by Crippen LogP contribution is 2.23. The maximum absolute atomic E-state index is 12.2. The van der Waals surface area contributed by atoms with E-state index in [1.54, 1.807) is 54.6 Å². The molecule has 0 spiro atoms. The quantitative estimate of drug-likeness (QED) is 0.224. The van der Waals surface area contributed by atoms with Crippen LogP contribution >= 0.6 is 23.2 Å². The van der Waals surface area contributed by atoms with E-state index in [-0.39, 0.29) is 16.5 Å². The standard InChI is InChI=1S/C23H18Cl2N2O4/c1-2-30-18-10-5-16(6-11-18)22(28)27-26-14-15-3-8-19(9-4-15)31-23(29)20-12-7-17(24)13-21(20)25/h3-14H,2H2,1H3,(H,27,28). The summed E-state index contributed by atoms with van der Waals surface area (Å²) in [5.41, 5.74) is 3.84. The molecule has 0 saturated heterocycles. The Balaban J connectivity index is 1.55. The van der Waals surface area contributed by atoms with E-state index in [0.717, 1.165) is 0 Å². The fraction of sp³-hybridized carbons (Fsp3) is 0.0870. The predicted molar refractivity (Wildman–Crippen MR) is 121 cm³/mol. The summed E-state index contributed by atoms with van der Waals surface area (Å²) in [6.45, 7) is 2.45. The van der Waals surface area contributed by atoms with Crippen LogP contribution in [0, 0.1) is 0 Å². The molecule has 3 aromatic carbocycles. The lowest BCUT2D eigenvalue weighted by Gasteiger charge is -2.06. The first-order valence-corrected chi connectivity index (χ1v) is 10.1. The summed E-state index contributed by atoms with van der Waals surface area (Å²) in [6.07, 6.45) is 1.48. The third-order valence-corrected chi connectivity index (χ3v) is 4.60. The van der Waals surface area contributed by atoms with Gasteiger partial charge in [0.2, 0.25) is 0 Å². The molecule has 0 heterocycles. The van der Waals surface area contributed by atoms with Gasteiger partial charge in [-0.2, -0.15) is 5.10 Å². The molecule has 3 aromatic rings. The molecule has 0 aliphatic heterocycles. The lowest BCUT2D eigenvalue weighted by atomic mass is 10.2. The number of carbonyl (C=O) groups excluding carboxylic acids is 2. The smallest absolute Gasteiger partial charge is 0.345 e. The number of ether oxygens (including phenoxy) is 2. The summed E-state index contributed by atoms with van der Waals surface area (Å²) in [6, 6.07) is 17.9. The molecular formula is C23H18Cl2N2O4. The Morgan fingerprint density at radius 2 is 1.65 bits per heavy atom. The average molecular weight is 457 g/mol. The molecule has 0 bridgehead atoms. The van der Waals surface area contributed by atoms with Crippen molar-refractivity contribution in [2.45, 2.75) is 6.92 Å². The molecule has 1 amide bonds. The van der Waals surface area contributed by atoms with E-state index in [4.69, 9.17) is 32.7 Å². The second-order valence-corrected chi connectivity index (χ2v) is 7.08. The van der Waals surface area contributed by atoms with E-state index in [1.165, 1.54) is 18.3 Å². The minimum atomic E-state index is -0.592. The van der Waals surface area contributed by atoms with Crippen molar-refractivity contribution in [2.75, 3.05) is 6.61 Å². The van der Waals surface area contributed by atoms with Gasteiger partial charge in [-0.15, -0.1) is 0 Å². The van der Waals surface area contributed by atoms with Crippen LogP contribution in [0.3, 0.4) is 0 Å². The molecule has 0 aliphatic carbocycles. The monoisotopic (exact) mass is 456 g/mol. The van der Waals surface area contributed by atoms with Gasteiger partial charge in [-0.1, -0.05) is 23.2 Å². The van der Waals surface area contributed by atoms with Crippen LogP contribution in [0.1, 0.15) is 33.2 Å². The highest BCUT2D eigenvalue weighted by atomic mass is 35.5. The number of rotatable bonds is 7. The van der Waals surface area contributed by atoms with Gasteiger partial charge in [0.25, 0.3) is 5.91 Å². The normalized spacial score (nSPS) is 10.7. The second kappa shape index (κ2) is 10.6. The molecule has 0 radical (unpaired) electrons. The van der Waals surface area contributed by atoms with Gasteiger partial charge in [-0.05, 0) is 79.2 Å². The van der Waals surface area contributed by atoms with Crippen molar-refractivity contribution in [2.24, 2.45) is 5.10 Å². The summed E-state index contributed by atoms with van der Waals surface area (Å²) in [5.74, 6) is 0.101. The van der Waals surface area contributed by atoms with Crippen molar-refractivity contribution < 1.29 is 19.1 Å². The van der Waals surface area contributed by atoms with Crippen LogP contribution in [-0.4, -0.2) is 24.7 Å². The molecule has 0 aromatic heterocycles. The first kappa shape index (κ1) is 22.3. The van der Waals surface area contributed by atoms with Crippen LogP contribution in [0.25, 0.3) is 0 Å². The van der Waals surface area contributed by atoms with E-state index in [2.05, 4.69) is 10.5 Å². The first-order valence-electron chi connectivity index (χ1n) is 9.30. The molecule has 0 fully saturated rings. The Morgan fingerprint density at radius 1 is 0.968 bits per heavy atom.